The second kappa shape index (κ2) is 4.89. The van der Waals surface area contributed by atoms with E-state index in [0.29, 0.717) is 0 Å². The molecule has 0 unspecified atom stereocenters. The molecule has 1 aromatic heterocycles. The molecular formula is C12H18N2. The zero-order valence-corrected chi connectivity index (χ0v) is 9.46. The second-order valence-corrected chi connectivity index (χ2v) is 3.51. The highest BCUT2D eigenvalue weighted by molar-refractivity contribution is 6.02. The Morgan fingerprint density at radius 3 is 2.64 bits per heavy atom. The van der Waals surface area contributed by atoms with Crippen molar-refractivity contribution in [2.45, 2.75) is 33.6 Å². The molecule has 14 heavy (non-hydrogen) atoms. The summed E-state index contributed by atoms with van der Waals surface area (Å²) in [5.74, 6) is 0. The summed E-state index contributed by atoms with van der Waals surface area (Å²) in [5, 5.41) is 0. The van der Waals surface area contributed by atoms with Gasteiger partial charge in [0.1, 0.15) is 0 Å². The number of aromatic nitrogens is 1. The lowest BCUT2D eigenvalue weighted by atomic mass is 10.00. The summed E-state index contributed by atoms with van der Waals surface area (Å²) in [6, 6.07) is 2.04. The normalized spacial score (nSPS) is 11.9. The van der Waals surface area contributed by atoms with Crippen LogP contribution in [-0.4, -0.2) is 17.7 Å². The molecule has 0 radical (unpaired) electrons. The van der Waals surface area contributed by atoms with Crippen LogP contribution in [0.2, 0.25) is 0 Å². The van der Waals surface area contributed by atoms with Gasteiger partial charge in [0.15, 0.2) is 0 Å². The van der Waals surface area contributed by atoms with Crippen LogP contribution in [0.15, 0.2) is 17.3 Å². The van der Waals surface area contributed by atoms with E-state index in [2.05, 4.69) is 23.8 Å². The molecule has 1 rings (SSSR count). The number of nitrogens with zero attached hydrogens (tertiary/aromatic N) is 2. The lowest BCUT2D eigenvalue weighted by Gasteiger charge is -2.10. The molecule has 0 amide bonds. The van der Waals surface area contributed by atoms with Crippen molar-refractivity contribution in [1.29, 1.82) is 0 Å². The van der Waals surface area contributed by atoms with Gasteiger partial charge in [-0.2, -0.15) is 0 Å². The quantitative estimate of drug-likeness (QED) is 0.673. The van der Waals surface area contributed by atoms with E-state index in [1.54, 1.807) is 0 Å². The van der Waals surface area contributed by atoms with E-state index >= 15 is 0 Å². The molecule has 0 saturated heterocycles. The third kappa shape index (κ3) is 2.19. The Morgan fingerprint density at radius 2 is 2.14 bits per heavy atom. The standard InChI is InChI=1S/C12H18N2/c1-5-6-11(13-4)12-9(2)7-8-14-10(12)3/h7-8H,5-6H2,1-4H3. The maximum atomic E-state index is 4.35. The molecule has 0 spiro atoms. The molecule has 2 nitrogen and oxygen atoms in total. The van der Waals surface area contributed by atoms with Crippen molar-refractivity contribution in [2.24, 2.45) is 4.99 Å². The number of rotatable bonds is 3. The maximum Gasteiger partial charge on any atom is 0.0465 e. The van der Waals surface area contributed by atoms with Crippen LogP contribution in [0.1, 0.15) is 36.6 Å². The molecule has 1 heterocycles. The third-order valence-corrected chi connectivity index (χ3v) is 2.39. The van der Waals surface area contributed by atoms with Gasteiger partial charge in [-0.1, -0.05) is 13.3 Å². The fourth-order valence-electron chi connectivity index (χ4n) is 1.72. The minimum absolute atomic E-state index is 1.03. The molecule has 0 atom stereocenters. The van der Waals surface area contributed by atoms with Gasteiger partial charge in [0.25, 0.3) is 0 Å². The smallest absolute Gasteiger partial charge is 0.0465 e. The van der Waals surface area contributed by atoms with E-state index < -0.39 is 0 Å². The summed E-state index contributed by atoms with van der Waals surface area (Å²) in [6.45, 7) is 6.33. The van der Waals surface area contributed by atoms with Gasteiger partial charge in [0.05, 0.1) is 0 Å². The van der Waals surface area contributed by atoms with Gasteiger partial charge < -0.3 is 0 Å². The Hall–Kier alpha value is -1.18. The summed E-state index contributed by atoms with van der Waals surface area (Å²) in [5.41, 5.74) is 4.76. The van der Waals surface area contributed by atoms with Crippen LogP contribution < -0.4 is 0 Å². The first-order valence-electron chi connectivity index (χ1n) is 5.09. The molecule has 2 heteroatoms. The molecule has 0 bridgehead atoms. The zero-order valence-electron chi connectivity index (χ0n) is 9.46. The van der Waals surface area contributed by atoms with Gasteiger partial charge in [0, 0.05) is 30.2 Å². The molecule has 1 aromatic rings. The fourth-order valence-corrected chi connectivity index (χ4v) is 1.72. The Kier molecular flexibility index (Phi) is 3.81. The summed E-state index contributed by atoms with van der Waals surface area (Å²) in [7, 11) is 1.86. The van der Waals surface area contributed by atoms with E-state index in [1.807, 2.05) is 26.2 Å². The van der Waals surface area contributed by atoms with Crippen LogP contribution in [0, 0.1) is 13.8 Å². The number of aliphatic imine (C=N–C) groups is 1. The summed E-state index contributed by atoms with van der Waals surface area (Å²) in [4.78, 5) is 8.66. The number of aryl methyl sites for hydroxylation is 2. The topological polar surface area (TPSA) is 25.2 Å². The van der Waals surface area contributed by atoms with Crippen LogP contribution in [0.3, 0.4) is 0 Å². The predicted octanol–water partition coefficient (Wildman–Crippen LogP) is 2.92. The van der Waals surface area contributed by atoms with Crippen LogP contribution in [0.25, 0.3) is 0 Å². The fraction of sp³-hybridized carbons (Fsp3) is 0.500. The average molecular weight is 190 g/mol. The molecule has 0 aliphatic heterocycles. The van der Waals surface area contributed by atoms with E-state index in [9.17, 15) is 0 Å². The molecule has 0 aromatic carbocycles. The van der Waals surface area contributed by atoms with Gasteiger partial charge >= 0.3 is 0 Å². The predicted molar refractivity (Wildman–Crippen MR) is 61.1 cm³/mol. The van der Waals surface area contributed by atoms with Crippen molar-refractivity contribution in [3.63, 3.8) is 0 Å². The number of pyridine rings is 1. The first-order valence-corrected chi connectivity index (χ1v) is 5.09. The van der Waals surface area contributed by atoms with E-state index in [1.165, 1.54) is 16.8 Å². The van der Waals surface area contributed by atoms with Crippen molar-refractivity contribution in [2.75, 3.05) is 7.05 Å². The molecular weight excluding hydrogens is 172 g/mol. The van der Waals surface area contributed by atoms with Crippen LogP contribution in [0.4, 0.5) is 0 Å². The molecule has 0 aliphatic rings. The van der Waals surface area contributed by atoms with Gasteiger partial charge in [-0.15, -0.1) is 0 Å². The first-order chi connectivity index (χ1) is 6.70. The molecule has 76 valence electrons. The zero-order chi connectivity index (χ0) is 10.6. The lowest BCUT2D eigenvalue weighted by Crippen LogP contribution is -2.06. The average Bonchev–Trinajstić information content (AvgIpc) is 2.16. The monoisotopic (exact) mass is 190 g/mol. The Morgan fingerprint density at radius 1 is 1.43 bits per heavy atom. The van der Waals surface area contributed by atoms with Gasteiger partial charge in [-0.25, -0.2) is 0 Å². The highest BCUT2D eigenvalue weighted by Gasteiger charge is 2.08. The summed E-state index contributed by atoms with van der Waals surface area (Å²) in [6.07, 6.45) is 4.01. The molecule has 0 N–H and O–H groups in total. The van der Waals surface area contributed by atoms with E-state index in [4.69, 9.17) is 0 Å². The van der Waals surface area contributed by atoms with Gasteiger partial charge in [-0.05, 0) is 31.9 Å². The third-order valence-electron chi connectivity index (χ3n) is 2.39. The highest BCUT2D eigenvalue weighted by Crippen LogP contribution is 2.14. The summed E-state index contributed by atoms with van der Waals surface area (Å²) < 4.78 is 0. The maximum absolute atomic E-state index is 4.35. The second-order valence-electron chi connectivity index (χ2n) is 3.51. The lowest BCUT2D eigenvalue weighted by molar-refractivity contribution is 0.982. The van der Waals surface area contributed by atoms with Crippen molar-refractivity contribution in [3.8, 4) is 0 Å². The molecule has 0 fully saturated rings. The molecule has 0 aliphatic carbocycles. The largest absolute Gasteiger partial charge is 0.292 e. The summed E-state index contributed by atoms with van der Waals surface area (Å²) >= 11 is 0. The molecule has 0 saturated carbocycles. The number of hydrogen-bond acceptors (Lipinski definition) is 2. The van der Waals surface area contributed by atoms with Gasteiger partial charge in [0.2, 0.25) is 0 Å². The van der Waals surface area contributed by atoms with Crippen molar-refractivity contribution < 1.29 is 0 Å². The van der Waals surface area contributed by atoms with Gasteiger partial charge in [-0.3, -0.25) is 9.98 Å². The van der Waals surface area contributed by atoms with E-state index in [-0.39, 0.29) is 0 Å². The van der Waals surface area contributed by atoms with Crippen molar-refractivity contribution in [1.82, 2.24) is 4.98 Å². The minimum atomic E-state index is 1.03. The highest BCUT2D eigenvalue weighted by atomic mass is 14.7. The minimum Gasteiger partial charge on any atom is -0.292 e. The van der Waals surface area contributed by atoms with Crippen LogP contribution >= 0.6 is 0 Å². The Labute approximate surface area is 86.1 Å². The Bertz CT molecular complexity index is 320. The van der Waals surface area contributed by atoms with Crippen LogP contribution in [0.5, 0.6) is 0 Å². The SMILES string of the molecule is CCCC(=NC)c1c(C)ccnc1C. The number of hydrogen-bond donors (Lipinski definition) is 0. The van der Waals surface area contributed by atoms with Crippen molar-refractivity contribution in [3.05, 3.63) is 29.1 Å². The Balaban J connectivity index is 3.16. The van der Waals surface area contributed by atoms with Crippen LogP contribution in [-0.2, 0) is 0 Å². The van der Waals surface area contributed by atoms with E-state index in [0.717, 1.165) is 18.5 Å². The first kappa shape index (κ1) is 10.9. The van der Waals surface area contributed by atoms with Crippen molar-refractivity contribution >= 4 is 5.71 Å².